The lowest BCUT2D eigenvalue weighted by atomic mass is 10.2. The third-order valence-corrected chi connectivity index (χ3v) is 2.50. The summed E-state index contributed by atoms with van der Waals surface area (Å²) < 4.78 is 0. The number of carbonyl (C=O) groups is 1. The van der Waals surface area contributed by atoms with Crippen LogP contribution < -0.4 is 11.3 Å². The molecule has 1 amide bonds. The van der Waals surface area contributed by atoms with Gasteiger partial charge in [-0.15, -0.1) is 0 Å². The Morgan fingerprint density at radius 3 is 2.62 bits per heavy atom. The molecule has 0 atom stereocenters. The summed E-state index contributed by atoms with van der Waals surface area (Å²) in [5.41, 5.74) is 3.28. The topological polar surface area (TPSA) is 58.4 Å². The SMILES string of the molecule is CN(CCC(=O)NN)Cc1ccc(Cl)cc1. The molecule has 0 aromatic heterocycles. The van der Waals surface area contributed by atoms with Crippen LogP contribution in [-0.4, -0.2) is 24.4 Å². The largest absolute Gasteiger partial charge is 0.302 e. The van der Waals surface area contributed by atoms with Gasteiger partial charge >= 0.3 is 0 Å². The van der Waals surface area contributed by atoms with Crippen LogP contribution in [0.1, 0.15) is 12.0 Å². The first-order valence-corrected chi connectivity index (χ1v) is 5.42. The van der Waals surface area contributed by atoms with Gasteiger partial charge in [-0.2, -0.15) is 0 Å². The van der Waals surface area contributed by atoms with Gasteiger partial charge in [-0.3, -0.25) is 10.2 Å². The van der Waals surface area contributed by atoms with E-state index in [1.54, 1.807) is 0 Å². The second-order valence-corrected chi connectivity index (χ2v) is 4.12. The molecule has 16 heavy (non-hydrogen) atoms. The van der Waals surface area contributed by atoms with Crippen molar-refractivity contribution in [2.75, 3.05) is 13.6 Å². The van der Waals surface area contributed by atoms with E-state index in [0.717, 1.165) is 11.6 Å². The molecule has 0 spiro atoms. The lowest BCUT2D eigenvalue weighted by Gasteiger charge is -2.15. The Morgan fingerprint density at radius 2 is 2.06 bits per heavy atom. The molecule has 1 aromatic carbocycles. The molecule has 0 heterocycles. The summed E-state index contributed by atoms with van der Waals surface area (Å²) in [6, 6.07) is 7.66. The molecule has 0 aliphatic rings. The van der Waals surface area contributed by atoms with Crippen molar-refractivity contribution in [1.29, 1.82) is 0 Å². The van der Waals surface area contributed by atoms with E-state index in [2.05, 4.69) is 10.3 Å². The minimum atomic E-state index is -0.150. The molecule has 0 aliphatic heterocycles. The van der Waals surface area contributed by atoms with Crippen LogP contribution in [-0.2, 0) is 11.3 Å². The molecule has 0 unspecified atom stereocenters. The van der Waals surface area contributed by atoms with Crippen molar-refractivity contribution < 1.29 is 4.79 Å². The number of rotatable bonds is 5. The number of hydrazine groups is 1. The molecule has 0 fully saturated rings. The number of nitrogens with one attached hydrogen (secondary N) is 1. The van der Waals surface area contributed by atoms with Crippen LogP contribution >= 0.6 is 11.6 Å². The molecule has 0 saturated carbocycles. The van der Waals surface area contributed by atoms with Crippen LogP contribution in [0.5, 0.6) is 0 Å². The van der Waals surface area contributed by atoms with Gasteiger partial charge in [-0.05, 0) is 24.7 Å². The molecule has 4 nitrogen and oxygen atoms in total. The zero-order valence-electron chi connectivity index (χ0n) is 9.24. The number of hydrogen-bond acceptors (Lipinski definition) is 3. The van der Waals surface area contributed by atoms with Crippen molar-refractivity contribution in [3.05, 3.63) is 34.9 Å². The maximum Gasteiger partial charge on any atom is 0.235 e. The summed E-state index contributed by atoms with van der Waals surface area (Å²) in [6.07, 6.45) is 0.403. The Hall–Kier alpha value is -1.10. The van der Waals surface area contributed by atoms with Crippen molar-refractivity contribution in [1.82, 2.24) is 10.3 Å². The predicted octanol–water partition coefficient (Wildman–Crippen LogP) is 1.15. The lowest BCUT2D eigenvalue weighted by Crippen LogP contribution is -2.33. The first-order chi connectivity index (χ1) is 7.61. The Morgan fingerprint density at radius 1 is 1.44 bits per heavy atom. The fourth-order valence-corrected chi connectivity index (χ4v) is 1.47. The van der Waals surface area contributed by atoms with E-state index >= 15 is 0 Å². The van der Waals surface area contributed by atoms with Gasteiger partial charge in [0.15, 0.2) is 0 Å². The van der Waals surface area contributed by atoms with Crippen molar-refractivity contribution in [3.63, 3.8) is 0 Å². The molecule has 88 valence electrons. The van der Waals surface area contributed by atoms with Gasteiger partial charge in [-0.1, -0.05) is 23.7 Å². The molecule has 0 bridgehead atoms. The Kier molecular flexibility index (Phi) is 5.25. The minimum Gasteiger partial charge on any atom is -0.302 e. The molecule has 0 radical (unpaired) electrons. The van der Waals surface area contributed by atoms with E-state index in [1.807, 2.05) is 31.3 Å². The maximum atomic E-state index is 10.9. The van der Waals surface area contributed by atoms with E-state index < -0.39 is 0 Å². The average molecular weight is 242 g/mol. The third-order valence-electron chi connectivity index (χ3n) is 2.25. The Labute approximate surface area is 100 Å². The van der Waals surface area contributed by atoms with Crippen LogP contribution in [0.25, 0.3) is 0 Å². The van der Waals surface area contributed by atoms with Crippen molar-refractivity contribution in [2.24, 2.45) is 5.84 Å². The third kappa shape index (κ3) is 4.61. The van der Waals surface area contributed by atoms with E-state index in [0.29, 0.717) is 13.0 Å². The maximum absolute atomic E-state index is 10.9. The number of halogens is 1. The number of amides is 1. The smallest absolute Gasteiger partial charge is 0.235 e. The molecule has 1 rings (SSSR count). The monoisotopic (exact) mass is 241 g/mol. The highest BCUT2D eigenvalue weighted by atomic mass is 35.5. The van der Waals surface area contributed by atoms with E-state index in [-0.39, 0.29) is 5.91 Å². The second kappa shape index (κ2) is 6.48. The van der Waals surface area contributed by atoms with Crippen LogP contribution in [0.4, 0.5) is 0 Å². The van der Waals surface area contributed by atoms with Crippen LogP contribution in [0.3, 0.4) is 0 Å². The fourth-order valence-electron chi connectivity index (χ4n) is 1.35. The lowest BCUT2D eigenvalue weighted by molar-refractivity contribution is -0.121. The summed E-state index contributed by atoms with van der Waals surface area (Å²) in [4.78, 5) is 13.0. The van der Waals surface area contributed by atoms with Crippen LogP contribution in [0.2, 0.25) is 5.02 Å². The molecule has 0 saturated heterocycles. The van der Waals surface area contributed by atoms with Crippen molar-refractivity contribution in [3.8, 4) is 0 Å². The summed E-state index contributed by atoms with van der Waals surface area (Å²) in [6.45, 7) is 1.46. The van der Waals surface area contributed by atoms with Gasteiger partial charge in [0.2, 0.25) is 5.91 Å². The number of benzene rings is 1. The molecule has 5 heteroatoms. The van der Waals surface area contributed by atoms with Gasteiger partial charge in [0.25, 0.3) is 0 Å². The highest BCUT2D eigenvalue weighted by Crippen LogP contribution is 2.10. The van der Waals surface area contributed by atoms with Gasteiger partial charge in [0.1, 0.15) is 0 Å². The Bertz CT molecular complexity index is 340. The van der Waals surface area contributed by atoms with Crippen molar-refractivity contribution >= 4 is 17.5 Å². The highest BCUT2D eigenvalue weighted by molar-refractivity contribution is 6.30. The minimum absolute atomic E-state index is 0.150. The first-order valence-electron chi connectivity index (χ1n) is 5.04. The highest BCUT2D eigenvalue weighted by Gasteiger charge is 2.03. The van der Waals surface area contributed by atoms with Gasteiger partial charge < -0.3 is 4.90 Å². The fraction of sp³-hybridized carbons (Fsp3) is 0.364. The van der Waals surface area contributed by atoms with Crippen LogP contribution in [0.15, 0.2) is 24.3 Å². The van der Waals surface area contributed by atoms with Gasteiger partial charge in [0, 0.05) is 24.5 Å². The molecule has 1 aromatic rings. The van der Waals surface area contributed by atoms with Crippen LogP contribution in [0, 0.1) is 0 Å². The predicted molar refractivity (Wildman–Crippen MR) is 64.7 cm³/mol. The van der Waals surface area contributed by atoms with Gasteiger partial charge in [-0.25, -0.2) is 5.84 Å². The van der Waals surface area contributed by atoms with E-state index in [4.69, 9.17) is 17.4 Å². The van der Waals surface area contributed by atoms with Crippen molar-refractivity contribution in [2.45, 2.75) is 13.0 Å². The number of hydrogen-bond donors (Lipinski definition) is 2. The second-order valence-electron chi connectivity index (χ2n) is 3.68. The van der Waals surface area contributed by atoms with E-state index in [1.165, 1.54) is 5.56 Å². The molecular weight excluding hydrogens is 226 g/mol. The number of nitrogens with zero attached hydrogens (tertiary/aromatic N) is 1. The zero-order valence-corrected chi connectivity index (χ0v) is 10.00. The number of carbonyl (C=O) groups excluding carboxylic acids is 1. The molecule has 0 aliphatic carbocycles. The number of nitrogens with two attached hydrogens (primary N) is 1. The van der Waals surface area contributed by atoms with Gasteiger partial charge in [0.05, 0.1) is 0 Å². The normalized spacial score (nSPS) is 10.5. The quantitative estimate of drug-likeness (QED) is 0.462. The van der Waals surface area contributed by atoms with E-state index in [9.17, 15) is 4.79 Å². The average Bonchev–Trinajstić information content (AvgIpc) is 2.29. The zero-order chi connectivity index (χ0) is 12.0. The summed E-state index contributed by atoms with van der Waals surface area (Å²) in [5.74, 6) is 4.84. The summed E-state index contributed by atoms with van der Waals surface area (Å²) in [5, 5.41) is 0.730. The molecule has 3 N–H and O–H groups in total. The molecular formula is C11H16ClN3O. The standard InChI is InChI=1S/C11H16ClN3O/c1-15(7-6-11(16)14-13)8-9-2-4-10(12)5-3-9/h2-5H,6-8,13H2,1H3,(H,14,16). The first kappa shape index (κ1) is 13.0. The summed E-state index contributed by atoms with van der Waals surface area (Å²) >= 11 is 5.79. The summed E-state index contributed by atoms with van der Waals surface area (Å²) in [7, 11) is 1.96. The Balaban J connectivity index is 2.36.